The van der Waals surface area contributed by atoms with E-state index in [0.717, 1.165) is 19.3 Å². The summed E-state index contributed by atoms with van der Waals surface area (Å²) in [6, 6.07) is 3.44. The molecule has 20 heavy (non-hydrogen) atoms. The number of nitrogens with one attached hydrogen (secondary N) is 1. The molecule has 0 amide bonds. The lowest BCUT2D eigenvalue weighted by atomic mass is 10.1. The average molecular weight is 300 g/mol. The summed E-state index contributed by atoms with van der Waals surface area (Å²) < 4.78 is 32.4. The Bertz CT molecular complexity index is 532. The summed E-state index contributed by atoms with van der Waals surface area (Å²) in [5.41, 5.74) is 0. The number of rotatable bonds is 8. The molecular weight excluding hydrogens is 276 g/mol. The van der Waals surface area contributed by atoms with Gasteiger partial charge in [-0.1, -0.05) is 13.8 Å². The smallest absolute Gasteiger partial charge is 0.276 e. The minimum absolute atomic E-state index is 0.0680. The highest BCUT2D eigenvalue weighted by atomic mass is 32.2. The van der Waals surface area contributed by atoms with Gasteiger partial charge in [0, 0.05) is 12.6 Å². The van der Waals surface area contributed by atoms with Crippen LogP contribution in [0.1, 0.15) is 38.9 Å². The normalized spacial score (nSPS) is 16.2. The second-order valence-corrected chi connectivity index (χ2v) is 7.60. The fourth-order valence-electron chi connectivity index (χ4n) is 2.13. The van der Waals surface area contributed by atoms with E-state index in [1.165, 1.54) is 0 Å². The SMILES string of the molecule is CNCc1ccc(S(=O)(=O)N(CCC(C)C)C2CC2)o1. The maximum absolute atomic E-state index is 12.7. The van der Waals surface area contributed by atoms with Crippen molar-refractivity contribution >= 4 is 10.0 Å². The molecule has 0 aromatic carbocycles. The predicted octanol–water partition coefficient (Wildman–Crippen LogP) is 2.20. The molecule has 1 aliphatic carbocycles. The summed E-state index contributed by atoms with van der Waals surface area (Å²) in [4.78, 5) is 0. The average Bonchev–Trinajstić information content (AvgIpc) is 3.07. The second kappa shape index (κ2) is 6.28. The second-order valence-electron chi connectivity index (χ2n) is 5.78. The van der Waals surface area contributed by atoms with Crippen LogP contribution in [0.15, 0.2) is 21.6 Å². The minimum Gasteiger partial charge on any atom is -0.447 e. The van der Waals surface area contributed by atoms with Crippen molar-refractivity contribution in [1.29, 1.82) is 0 Å². The van der Waals surface area contributed by atoms with Crippen LogP contribution in [0, 0.1) is 5.92 Å². The molecule has 1 N–H and O–H groups in total. The van der Waals surface area contributed by atoms with Gasteiger partial charge in [0.25, 0.3) is 10.0 Å². The third-order valence-corrected chi connectivity index (χ3v) is 5.26. The Balaban J connectivity index is 2.16. The van der Waals surface area contributed by atoms with Gasteiger partial charge < -0.3 is 9.73 Å². The Labute approximate surface area is 121 Å². The number of sulfonamides is 1. The molecule has 2 rings (SSSR count). The first kappa shape index (κ1) is 15.5. The number of hydrogen-bond donors (Lipinski definition) is 1. The third kappa shape index (κ3) is 3.62. The molecule has 114 valence electrons. The Morgan fingerprint density at radius 2 is 2.10 bits per heavy atom. The zero-order chi connectivity index (χ0) is 14.8. The van der Waals surface area contributed by atoms with E-state index in [1.807, 2.05) is 0 Å². The molecular formula is C14H24N2O3S. The lowest BCUT2D eigenvalue weighted by Crippen LogP contribution is -2.34. The van der Waals surface area contributed by atoms with E-state index in [4.69, 9.17) is 4.42 Å². The number of furan rings is 1. The molecule has 5 nitrogen and oxygen atoms in total. The summed E-state index contributed by atoms with van der Waals surface area (Å²) in [6.45, 7) is 5.32. The molecule has 1 aliphatic rings. The fourth-order valence-corrected chi connectivity index (χ4v) is 3.76. The molecule has 0 spiro atoms. The van der Waals surface area contributed by atoms with Crippen molar-refractivity contribution < 1.29 is 12.8 Å². The van der Waals surface area contributed by atoms with Gasteiger partial charge in [0.2, 0.25) is 5.09 Å². The van der Waals surface area contributed by atoms with Gasteiger partial charge in [-0.05, 0) is 44.4 Å². The van der Waals surface area contributed by atoms with Crippen molar-refractivity contribution in [2.24, 2.45) is 5.92 Å². The Morgan fingerprint density at radius 3 is 2.65 bits per heavy atom. The van der Waals surface area contributed by atoms with Gasteiger partial charge in [0.1, 0.15) is 5.76 Å². The van der Waals surface area contributed by atoms with Crippen LogP contribution in [-0.4, -0.2) is 32.4 Å². The standard InChI is InChI=1S/C14H24N2O3S/c1-11(2)8-9-16(12-4-5-12)20(17,18)14-7-6-13(19-14)10-15-3/h6-7,11-12,15H,4-5,8-10H2,1-3H3. The van der Waals surface area contributed by atoms with E-state index in [1.54, 1.807) is 23.5 Å². The Morgan fingerprint density at radius 1 is 1.40 bits per heavy atom. The van der Waals surface area contributed by atoms with Crippen molar-refractivity contribution in [3.05, 3.63) is 17.9 Å². The summed E-state index contributed by atoms with van der Waals surface area (Å²) in [5.74, 6) is 1.13. The fraction of sp³-hybridized carbons (Fsp3) is 0.714. The van der Waals surface area contributed by atoms with Crippen LogP contribution in [0.5, 0.6) is 0 Å². The first-order valence-electron chi connectivity index (χ1n) is 7.20. The Hall–Kier alpha value is -0.850. The summed E-state index contributed by atoms with van der Waals surface area (Å²) in [6.07, 6.45) is 2.79. The topological polar surface area (TPSA) is 62.6 Å². The summed E-state index contributed by atoms with van der Waals surface area (Å²) >= 11 is 0. The number of nitrogens with zero attached hydrogens (tertiary/aromatic N) is 1. The van der Waals surface area contributed by atoms with E-state index < -0.39 is 10.0 Å². The molecule has 6 heteroatoms. The first-order valence-corrected chi connectivity index (χ1v) is 8.64. The Kier molecular flexibility index (Phi) is 4.88. The molecule has 0 unspecified atom stereocenters. The molecule has 1 heterocycles. The van der Waals surface area contributed by atoms with E-state index in [9.17, 15) is 8.42 Å². The van der Waals surface area contributed by atoms with Crippen molar-refractivity contribution in [3.63, 3.8) is 0 Å². The largest absolute Gasteiger partial charge is 0.447 e. The predicted molar refractivity (Wildman–Crippen MR) is 77.8 cm³/mol. The van der Waals surface area contributed by atoms with E-state index in [-0.39, 0.29) is 11.1 Å². The van der Waals surface area contributed by atoms with Crippen molar-refractivity contribution in [2.45, 2.75) is 50.8 Å². The van der Waals surface area contributed by atoms with Crippen molar-refractivity contribution in [1.82, 2.24) is 9.62 Å². The van der Waals surface area contributed by atoms with Crippen LogP contribution in [0.4, 0.5) is 0 Å². The van der Waals surface area contributed by atoms with E-state index in [2.05, 4.69) is 19.2 Å². The highest BCUT2D eigenvalue weighted by Crippen LogP contribution is 2.33. The van der Waals surface area contributed by atoms with Crippen LogP contribution in [0.25, 0.3) is 0 Å². The van der Waals surface area contributed by atoms with Crippen molar-refractivity contribution in [3.8, 4) is 0 Å². The molecule has 1 fully saturated rings. The molecule has 0 saturated heterocycles. The van der Waals surface area contributed by atoms with Crippen LogP contribution < -0.4 is 5.32 Å². The molecule has 1 aromatic rings. The van der Waals surface area contributed by atoms with Gasteiger partial charge in [-0.15, -0.1) is 0 Å². The zero-order valence-electron chi connectivity index (χ0n) is 12.4. The molecule has 0 atom stereocenters. The van der Waals surface area contributed by atoms with Crippen LogP contribution >= 0.6 is 0 Å². The molecule has 0 radical (unpaired) electrons. The quantitative estimate of drug-likeness (QED) is 0.799. The van der Waals surface area contributed by atoms with E-state index >= 15 is 0 Å². The third-order valence-electron chi connectivity index (χ3n) is 3.43. The monoisotopic (exact) mass is 300 g/mol. The molecule has 0 bridgehead atoms. The van der Waals surface area contributed by atoms with Crippen LogP contribution in [0.3, 0.4) is 0 Å². The van der Waals surface area contributed by atoms with Gasteiger partial charge in [0.05, 0.1) is 6.54 Å². The van der Waals surface area contributed by atoms with Crippen molar-refractivity contribution in [2.75, 3.05) is 13.6 Å². The highest BCUT2D eigenvalue weighted by Gasteiger charge is 2.39. The van der Waals surface area contributed by atoms with Gasteiger partial charge in [-0.25, -0.2) is 8.42 Å². The summed E-state index contributed by atoms with van der Waals surface area (Å²) in [7, 11) is -1.69. The summed E-state index contributed by atoms with van der Waals surface area (Å²) in [5, 5.41) is 3.02. The van der Waals surface area contributed by atoms with Gasteiger partial charge in [-0.3, -0.25) is 0 Å². The van der Waals surface area contributed by atoms with E-state index in [0.29, 0.717) is 24.8 Å². The lowest BCUT2D eigenvalue weighted by Gasteiger charge is -2.21. The highest BCUT2D eigenvalue weighted by molar-refractivity contribution is 7.89. The van der Waals surface area contributed by atoms with Gasteiger partial charge in [-0.2, -0.15) is 4.31 Å². The van der Waals surface area contributed by atoms with Gasteiger partial charge in [0.15, 0.2) is 0 Å². The maximum atomic E-state index is 12.7. The molecule has 1 saturated carbocycles. The molecule has 0 aliphatic heterocycles. The molecule has 1 aromatic heterocycles. The minimum atomic E-state index is -3.49. The maximum Gasteiger partial charge on any atom is 0.276 e. The van der Waals surface area contributed by atoms with Crippen LogP contribution in [0.2, 0.25) is 0 Å². The zero-order valence-corrected chi connectivity index (χ0v) is 13.2. The lowest BCUT2D eigenvalue weighted by molar-refractivity contribution is 0.345. The van der Waals surface area contributed by atoms with Crippen LogP contribution in [-0.2, 0) is 16.6 Å². The van der Waals surface area contributed by atoms with Gasteiger partial charge >= 0.3 is 0 Å². The number of hydrogen-bond acceptors (Lipinski definition) is 4. The first-order chi connectivity index (χ1) is 9.45.